The molecule has 3 heterocycles. The van der Waals surface area contributed by atoms with E-state index in [1.54, 1.807) is 10.9 Å². The van der Waals surface area contributed by atoms with Gasteiger partial charge in [0.05, 0.1) is 24.5 Å². The van der Waals surface area contributed by atoms with Crippen LogP contribution in [0.2, 0.25) is 0 Å². The predicted molar refractivity (Wildman–Crippen MR) is 90.7 cm³/mol. The Hall–Kier alpha value is -2.08. The van der Waals surface area contributed by atoms with Crippen molar-refractivity contribution in [3.63, 3.8) is 0 Å². The number of nitrogens with zero attached hydrogens (tertiary/aromatic N) is 3. The van der Waals surface area contributed by atoms with Crippen LogP contribution in [-0.4, -0.2) is 28.3 Å². The van der Waals surface area contributed by atoms with Gasteiger partial charge in [-0.05, 0) is 37.3 Å². The van der Waals surface area contributed by atoms with Crippen molar-refractivity contribution in [2.75, 3.05) is 11.4 Å². The van der Waals surface area contributed by atoms with Gasteiger partial charge in [0.25, 0.3) is 0 Å². The van der Waals surface area contributed by atoms with Gasteiger partial charge in [0, 0.05) is 25.7 Å². The predicted octanol–water partition coefficient (Wildman–Crippen LogP) is 2.42. The van der Waals surface area contributed by atoms with E-state index in [0.717, 1.165) is 42.5 Å². The molecule has 2 aromatic heterocycles. The lowest BCUT2D eigenvalue weighted by atomic mass is 10.0. The standard InChI is InChI=1S/C18H24N4O2/c1-12-8-15(12)17-6-5-14(24-17)10-19-16-4-3-7-22(18(16)23)13-9-20-21(2)11-13/h5-6,9,11-12,15-16,19H,3-4,7-8,10H2,1-2H3. The highest BCUT2D eigenvalue weighted by molar-refractivity contribution is 5.97. The van der Waals surface area contributed by atoms with Crippen LogP contribution < -0.4 is 10.2 Å². The summed E-state index contributed by atoms with van der Waals surface area (Å²) >= 11 is 0. The molecule has 2 fully saturated rings. The number of rotatable bonds is 5. The zero-order valence-corrected chi connectivity index (χ0v) is 14.2. The van der Waals surface area contributed by atoms with Gasteiger partial charge >= 0.3 is 0 Å². The number of nitrogens with one attached hydrogen (secondary N) is 1. The lowest BCUT2D eigenvalue weighted by Gasteiger charge is -2.31. The Morgan fingerprint density at radius 3 is 2.96 bits per heavy atom. The molecule has 128 valence electrons. The summed E-state index contributed by atoms with van der Waals surface area (Å²) in [6, 6.07) is 3.95. The fraction of sp³-hybridized carbons (Fsp3) is 0.556. The summed E-state index contributed by atoms with van der Waals surface area (Å²) in [5.74, 6) is 3.46. The zero-order valence-electron chi connectivity index (χ0n) is 14.2. The second-order valence-electron chi connectivity index (χ2n) is 7.06. The third-order valence-corrected chi connectivity index (χ3v) is 5.12. The molecule has 1 aliphatic heterocycles. The van der Waals surface area contributed by atoms with Gasteiger partial charge in [0.15, 0.2) is 0 Å². The normalized spacial score (nSPS) is 26.8. The molecule has 0 bridgehead atoms. The minimum absolute atomic E-state index is 0.122. The van der Waals surface area contributed by atoms with Crippen molar-refractivity contribution < 1.29 is 9.21 Å². The Bertz CT molecular complexity index is 735. The molecule has 1 saturated carbocycles. The Morgan fingerprint density at radius 1 is 1.42 bits per heavy atom. The Morgan fingerprint density at radius 2 is 2.25 bits per heavy atom. The van der Waals surface area contributed by atoms with E-state index >= 15 is 0 Å². The molecule has 1 aliphatic carbocycles. The average molecular weight is 328 g/mol. The molecule has 2 aromatic rings. The van der Waals surface area contributed by atoms with Gasteiger partial charge in [0.2, 0.25) is 5.91 Å². The van der Waals surface area contributed by atoms with Gasteiger partial charge in [-0.2, -0.15) is 5.10 Å². The monoisotopic (exact) mass is 328 g/mol. The lowest BCUT2D eigenvalue weighted by molar-refractivity contribution is -0.121. The van der Waals surface area contributed by atoms with Crippen molar-refractivity contribution in [2.45, 2.75) is 44.7 Å². The topological polar surface area (TPSA) is 63.3 Å². The molecular formula is C18H24N4O2. The van der Waals surface area contributed by atoms with Crippen LogP contribution in [0.1, 0.15) is 43.6 Å². The second kappa shape index (κ2) is 6.09. The summed E-state index contributed by atoms with van der Waals surface area (Å²) in [5.41, 5.74) is 0.872. The van der Waals surface area contributed by atoms with E-state index in [1.165, 1.54) is 6.42 Å². The Labute approximate surface area is 141 Å². The molecule has 6 nitrogen and oxygen atoms in total. The SMILES string of the molecule is CC1CC1c1ccc(CNC2CCCN(c3cnn(C)c3)C2=O)o1. The van der Waals surface area contributed by atoms with Gasteiger partial charge in [-0.3, -0.25) is 14.8 Å². The van der Waals surface area contributed by atoms with Crippen molar-refractivity contribution in [1.82, 2.24) is 15.1 Å². The first-order valence-electron chi connectivity index (χ1n) is 8.74. The van der Waals surface area contributed by atoms with Crippen LogP contribution in [0.25, 0.3) is 0 Å². The summed E-state index contributed by atoms with van der Waals surface area (Å²) in [6.45, 7) is 3.60. The van der Waals surface area contributed by atoms with Crippen molar-refractivity contribution in [3.8, 4) is 0 Å². The van der Waals surface area contributed by atoms with Crippen LogP contribution in [0.15, 0.2) is 28.9 Å². The highest BCUT2D eigenvalue weighted by Gasteiger charge is 2.36. The molecule has 3 unspecified atom stereocenters. The molecule has 1 amide bonds. The van der Waals surface area contributed by atoms with Crippen LogP contribution in [0, 0.1) is 5.92 Å². The van der Waals surface area contributed by atoms with Crippen molar-refractivity contribution in [2.24, 2.45) is 13.0 Å². The van der Waals surface area contributed by atoms with Crippen LogP contribution in [-0.2, 0) is 18.4 Å². The van der Waals surface area contributed by atoms with Crippen molar-refractivity contribution >= 4 is 11.6 Å². The largest absolute Gasteiger partial charge is 0.464 e. The van der Waals surface area contributed by atoms with Crippen molar-refractivity contribution in [3.05, 3.63) is 36.0 Å². The quantitative estimate of drug-likeness (QED) is 0.915. The smallest absolute Gasteiger partial charge is 0.244 e. The van der Waals surface area contributed by atoms with E-state index in [4.69, 9.17) is 4.42 Å². The van der Waals surface area contributed by atoms with Gasteiger partial charge in [0.1, 0.15) is 11.5 Å². The number of furan rings is 1. The minimum atomic E-state index is -0.160. The maximum absolute atomic E-state index is 12.7. The number of aromatic nitrogens is 2. The Kier molecular flexibility index (Phi) is 3.92. The molecule has 1 saturated heterocycles. The van der Waals surface area contributed by atoms with E-state index in [-0.39, 0.29) is 11.9 Å². The molecule has 0 spiro atoms. The summed E-state index contributed by atoms with van der Waals surface area (Å²) in [4.78, 5) is 14.5. The second-order valence-corrected chi connectivity index (χ2v) is 7.06. The first kappa shape index (κ1) is 15.4. The number of anilines is 1. The number of hydrogen-bond acceptors (Lipinski definition) is 4. The summed E-state index contributed by atoms with van der Waals surface area (Å²) in [6.07, 6.45) is 6.71. The van der Waals surface area contributed by atoms with E-state index in [1.807, 2.05) is 24.2 Å². The highest BCUT2D eigenvalue weighted by Crippen LogP contribution is 2.47. The molecule has 24 heavy (non-hydrogen) atoms. The summed E-state index contributed by atoms with van der Waals surface area (Å²) in [7, 11) is 1.86. The highest BCUT2D eigenvalue weighted by atomic mass is 16.3. The zero-order chi connectivity index (χ0) is 16.7. The van der Waals surface area contributed by atoms with Crippen LogP contribution >= 0.6 is 0 Å². The minimum Gasteiger partial charge on any atom is -0.464 e. The van der Waals surface area contributed by atoms with Gasteiger partial charge in [-0.1, -0.05) is 6.92 Å². The number of carbonyl (C=O) groups excluding carboxylic acids is 1. The van der Waals surface area contributed by atoms with Gasteiger partial charge in [-0.25, -0.2) is 0 Å². The molecule has 0 radical (unpaired) electrons. The fourth-order valence-electron chi connectivity index (χ4n) is 3.50. The van der Waals surface area contributed by atoms with E-state index in [9.17, 15) is 4.79 Å². The molecule has 0 aromatic carbocycles. The maximum Gasteiger partial charge on any atom is 0.244 e. The van der Waals surface area contributed by atoms with E-state index in [0.29, 0.717) is 12.5 Å². The number of amides is 1. The molecule has 1 N–H and O–H groups in total. The maximum atomic E-state index is 12.7. The fourth-order valence-corrected chi connectivity index (χ4v) is 3.50. The van der Waals surface area contributed by atoms with E-state index in [2.05, 4.69) is 23.4 Å². The first-order valence-corrected chi connectivity index (χ1v) is 8.74. The van der Waals surface area contributed by atoms with Crippen LogP contribution in [0.3, 0.4) is 0 Å². The molecule has 6 heteroatoms. The third-order valence-electron chi connectivity index (χ3n) is 5.12. The van der Waals surface area contributed by atoms with Gasteiger partial charge in [-0.15, -0.1) is 0 Å². The molecular weight excluding hydrogens is 304 g/mol. The molecule has 4 rings (SSSR count). The van der Waals surface area contributed by atoms with Crippen molar-refractivity contribution in [1.29, 1.82) is 0 Å². The number of carbonyl (C=O) groups is 1. The molecule has 2 aliphatic rings. The number of aryl methyl sites for hydroxylation is 1. The third kappa shape index (κ3) is 2.98. The lowest BCUT2D eigenvalue weighted by Crippen LogP contribution is -2.50. The van der Waals surface area contributed by atoms with Crippen LogP contribution in [0.5, 0.6) is 0 Å². The Balaban J connectivity index is 1.37. The number of hydrogen-bond donors (Lipinski definition) is 1. The molecule has 3 atom stereocenters. The average Bonchev–Trinajstić information content (AvgIpc) is 2.98. The first-order chi connectivity index (χ1) is 11.6. The van der Waals surface area contributed by atoms with E-state index < -0.39 is 0 Å². The number of piperidine rings is 1. The summed E-state index contributed by atoms with van der Waals surface area (Å²) in [5, 5.41) is 7.53. The van der Waals surface area contributed by atoms with Gasteiger partial charge < -0.3 is 9.32 Å². The summed E-state index contributed by atoms with van der Waals surface area (Å²) < 4.78 is 7.64. The van der Waals surface area contributed by atoms with Crippen LogP contribution in [0.4, 0.5) is 5.69 Å².